The molecule has 1 heterocycles. The Labute approximate surface area is 112 Å². The minimum atomic E-state index is -0.410. The molecule has 5 heteroatoms. The van der Waals surface area contributed by atoms with Gasteiger partial charge in [0.05, 0.1) is 20.1 Å². The SMILES string of the molecule is COC(=O)[C@@H]1CN(C(=O)OC)C[C@@H]1c1ccccc1. The quantitative estimate of drug-likeness (QED) is 0.761. The molecule has 0 unspecified atom stereocenters. The third-order valence-electron chi connectivity index (χ3n) is 3.48. The molecule has 0 saturated carbocycles. The Balaban J connectivity index is 2.24. The topological polar surface area (TPSA) is 55.8 Å². The summed E-state index contributed by atoms with van der Waals surface area (Å²) in [5.74, 6) is -0.681. The van der Waals surface area contributed by atoms with E-state index in [1.807, 2.05) is 30.3 Å². The molecule has 1 aliphatic heterocycles. The lowest BCUT2D eigenvalue weighted by atomic mass is 9.89. The first kappa shape index (κ1) is 13.4. The lowest BCUT2D eigenvalue weighted by molar-refractivity contribution is -0.145. The van der Waals surface area contributed by atoms with Crippen molar-refractivity contribution in [1.82, 2.24) is 4.90 Å². The molecule has 1 saturated heterocycles. The van der Waals surface area contributed by atoms with Crippen molar-refractivity contribution in [2.45, 2.75) is 5.92 Å². The number of likely N-dealkylation sites (tertiary alicyclic amines) is 1. The molecule has 19 heavy (non-hydrogen) atoms. The van der Waals surface area contributed by atoms with Crippen LogP contribution in [0.3, 0.4) is 0 Å². The second-order valence-electron chi connectivity index (χ2n) is 4.52. The van der Waals surface area contributed by atoms with Crippen LogP contribution in [0.1, 0.15) is 11.5 Å². The molecule has 0 bridgehead atoms. The zero-order chi connectivity index (χ0) is 13.8. The van der Waals surface area contributed by atoms with Gasteiger partial charge in [-0.1, -0.05) is 30.3 Å². The number of hydrogen-bond donors (Lipinski definition) is 0. The maximum absolute atomic E-state index is 11.9. The molecule has 1 aliphatic rings. The molecular weight excluding hydrogens is 246 g/mol. The highest BCUT2D eigenvalue weighted by molar-refractivity contribution is 5.77. The van der Waals surface area contributed by atoms with E-state index in [4.69, 9.17) is 9.47 Å². The number of methoxy groups -OCH3 is 2. The second kappa shape index (κ2) is 5.73. The van der Waals surface area contributed by atoms with Crippen LogP contribution in [-0.2, 0) is 14.3 Å². The molecule has 1 aromatic rings. The van der Waals surface area contributed by atoms with Gasteiger partial charge in [0, 0.05) is 19.0 Å². The zero-order valence-electron chi connectivity index (χ0n) is 11.0. The highest BCUT2D eigenvalue weighted by Crippen LogP contribution is 2.33. The average molecular weight is 263 g/mol. The third-order valence-corrected chi connectivity index (χ3v) is 3.48. The highest BCUT2D eigenvalue weighted by atomic mass is 16.5. The van der Waals surface area contributed by atoms with Crippen LogP contribution in [0.2, 0.25) is 0 Å². The van der Waals surface area contributed by atoms with Crippen LogP contribution in [0.5, 0.6) is 0 Å². The predicted octanol–water partition coefficient (Wildman–Crippen LogP) is 1.64. The Morgan fingerprint density at radius 3 is 2.37 bits per heavy atom. The Bertz CT molecular complexity index is 460. The Morgan fingerprint density at radius 2 is 1.79 bits per heavy atom. The fourth-order valence-corrected chi connectivity index (χ4v) is 2.51. The number of hydrogen-bond acceptors (Lipinski definition) is 4. The molecule has 1 aromatic carbocycles. The number of rotatable bonds is 2. The number of carbonyl (C=O) groups excluding carboxylic acids is 2. The van der Waals surface area contributed by atoms with Crippen molar-refractivity contribution in [3.63, 3.8) is 0 Å². The number of esters is 1. The molecule has 0 aromatic heterocycles. The summed E-state index contributed by atoms with van der Waals surface area (Å²) >= 11 is 0. The van der Waals surface area contributed by atoms with Crippen LogP contribution in [-0.4, -0.2) is 44.3 Å². The maximum Gasteiger partial charge on any atom is 0.409 e. The molecule has 0 aliphatic carbocycles. The van der Waals surface area contributed by atoms with Crippen LogP contribution in [0.4, 0.5) is 4.79 Å². The fourth-order valence-electron chi connectivity index (χ4n) is 2.51. The van der Waals surface area contributed by atoms with E-state index >= 15 is 0 Å². The van der Waals surface area contributed by atoms with Gasteiger partial charge in [0.25, 0.3) is 0 Å². The van der Waals surface area contributed by atoms with E-state index in [1.165, 1.54) is 14.2 Å². The van der Waals surface area contributed by atoms with Crippen LogP contribution in [0.15, 0.2) is 30.3 Å². The van der Waals surface area contributed by atoms with Crippen molar-refractivity contribution in [2.75, 3.05) is 27.3 Å². The van der Waals surface area contributed by atoms with Crippen molar-refractivity contribution in [3.8, 4) is 0 Å². The van der Waals surface area contributed by atoms with Crippen molar-refractivity contribution in [1.29, 1.82) is 0 Å². The number of nitrogens with zero attached hydrogens (tertiary/aromatic N) is 1. The molecule has 1 fully saturated rings. The first-order valence-electron chi connectivity index (χ1n) is 6.13. The molecule has 0 spiro atoms. The molecule has 2 rings (SSSR count). The third kappa shape index (κ3) is 2.70. The molecule has 5 nitrogen and oxygen atoms in total. The maximum atomic E-state index is 11.9. The van der Waals surface area contributed by atoms with Gasteiger partial charge in [0.2, 0.25) is 0 Å². The van der Waals surface area contributed by atoms with Gasteiger partial charge in [-0.3, -0.25) is 4.79 Å². The van der Waals surface area contributed by atoms with Gasteiger partial charge in [-0.2, -0.15) is 0 Å². The summed E-state index contributed by atoms with van der Waals surface area (Å²) in [6, 6.07) is 9.68. The van der Waals surface area contributed by atoms with Gasteiger partial charge in [-0.05, 0) is 5.56 Å². The standard InChI is InChI=1S/C14H17NO4/c1-18-13(16)12-9-15(14(17)19-2)8-11(12)10-6-4-3-5-7-10/h3-7,11-12H,8-9H2,1-2H3/t11-,12-/m1/s1. The highest BCUT2D eigenvalue weighted by Gasteiger charge is 2.41. The van der Waals surface area contributed by atoms with Gasteiger partial charge < -0.3 is 14.4 Å². The number of carbonyl (C=O) groups is 2. The first-order valence-corrected chi connectivity index (χ1v) is 6.13. The largest absolute Gasteiger partial charge is 0.469 e. The van der Waals surface area contributed by atoms with Crippen LogP contribution in [0.25, 0.3) is 0 Å². The van der Waals surface area contributed by atoms with E-state index in [-0.39, 0.29) is 17.8 Å². The molecular formula is C14H17NO4. The monoisotopic (exact) mass is 263 g/mol. The smallest absolute Gasteiger partial charge is 0.409 e. The minimum absolute atomic E-state index is 0.0484. The van der Waals surface area contributed by atoms with Crippen molar-refractivity contribution >= 4 is 12.1 Å². The Morgan fingerprint density at radius 1 is 1.11 bits per heavy atom. The normalized spacial score (nSPS) is 22.1. The van der Waals surface area contributed by atoms with E-state index in [9.17, 15) is 9.59 Å². The molecule has 1 amide bonds. The number of amides is 1. The van der Waals surface area contributed by atoms with Crippen LogP contribution < -0.4 is 0 Å². The summed E-state index contributed by atoms with van der Waals surface area (Å²) in [5, 5.41) is 0. The summed E-state index contributed by atoms with van der Waals surface area (Å²) in [6.45, 7) is 0.801. The molecule has 102 valence electrons. The predicted molar refractivity (Wildman–Crippen MR) is 68.7 cm³/mol. The van der Waals surface area contributed by atoms with Gasteiger partial charge >= 0.3 is 12.1 Å². The lowest BCUT2D eigenvalue weighted by Gasteiger charge is -2.16. The van der Waals surface area contributed by atoms with Gasteiger partial charge in [0.15, 0.2) is 0 Å². The second-order valence-corrected chi connectivity index (χ2v) is 4.52. The van der Waals surface area contributed by atoms with E-state index in [1.54, 1.807) is 4.90 Å². The summed E-state index contributed by atoms with van der Waals surface area (Å²) < 4.78 is 9.54. The fraction of sp³-hybridized carbons (Fsp3) is 0.429. The Kier molecular flexibility index (Phi) is 4.04. The van der Waals surface area contributed by atoms with Crippen LogP contribution >= 0.6 is 0 Å². The number of benzene rings is 1. The van der Waals surface area contributed by atoms with E-state index < -0.39 is 6.09 Å². The average Bonchev–Trinajstić information content (AvgIpc) is 2.91. The summed E-state index contributed by atoms with van der Waals surface area (Å²) in [7, 11) is 2.70. The molecule has 0 N–H and O–H groups in total. The van der Waals surface area contributed by atoms with Crippen molar-refractivity contribution in [3.05, 3.63) is 35.9 Å². The van der Waals surface area contributed by atoms with Crippen molar-refractivity contribution < 1.29 is 19.1 Å². The van der Waals surface area contributed by atoms with Gasteiger partial charge in [0.1, 0.15) is 0 Å². The minimum Gasteiger partial charge on any atom is -0.469 e. The first-order chi connectivity index (χ1) is 9.17. The van der Waals surface area contributed by atoms with Crippen LogP contribution in [0, 0.1) is 5.92 Å². The zero-order valence-corrected chi connectivity index (χ0v) is 11.0. The molecule has 0 radical (unpaired) electrons. The van der Waals surface area contributed by atoms with Gasteiger partial charge in [-0.25, -0.2) is 4.79 Å². The lowest BCUT2D eigenvalue weighted by Crippen LogP contribution is -2.29. The summed E-state index contributed by atoms with van der Waals surface area (Å²) in [6.07, 6.45) is -0.410. The van der Waals surface area contributed by atoms with Crippen molar-refractivity contribution in [2.24, 2.45) is 5.92 Å². The molecule has 2 atom stereocenters. The summed E-state index contributed by atoms with van der Waals surface area (Å²) in [5.41, 5.74) is 1.03. The van der Waals surface area contributed by atoms with E-state index in [0.717, 1.165) is 5.56 Å². The van der Waals surface area contributed by atoms with Gasteiger partial charge in [-0.15, -0.1) is 0 Å². The Hall–Kier alpha value is -2.04. The van der Waals surface area contributed by atoms with E-state index in [2.05, 4.69) is 0 Å². The number of ether oxygens (including phenoxy) is 2. The summed E-state index contributed by atoms with van der Waals surface area (Å²) in [4.78, 5) is 25.0. The van der Waals surface area contributed by atoms with E-state index in [0.29, 0.717) is 13.1 Å².